The van der Waals surface area contributed by atoms with Gasteiger partial charge in [0, 0.05) is 0 Å². The maximum absolute atomic E-state index is 2.45. The van der Waals surface area contributed by atoms with Crippen LogP contribution in [0, 0.1) is 5.92 Å². The second-order valence-electron chi connectivity index (χ2n) is 7.53. The molecule has 4 rings (SSSR count). The molecule has 1 aliphatic carbocycles. The molecule has 0 radical (unpaired) electrons. The van der Waals surface area contributed by atoms with Gasteiger partial charge >= 0.3 is 0 Å². The van der Waals surface area contributed by atoms with E-state index in [0.717, 1.165) is 0 Å². The Balaban J connectivity index is 2.15. The third-order valence-corrected chi connectivity index (χ3v) is 11.2. The summed E-state index contributed by atoms with van der Waals surface area (Å²) in [6.07, 6.45) is 2.45. The molecule has 0 aromatic heterocycles. The molecule has 1 aliphatic rings. The predicted octanol–water partition coefficient (Wildman–Crippen LogP) is 4.61. The molecular formula is C26H26Si. The molecule has 3 aromatic rings. The van der Waals surface area contributed by atoms with E-state index in [9.17, 15) is 0 Å². The van der Waals surface area contributed by atoms with Gasteiger partial charge < -0.3 is 0 Å². The van der Waals surface area contributed by atoms with Crippen LogP contribution >= 0.6 is 0 Å². The molecule has 0 bridgehead atoms. The van der Waals surface area contributed by atoms with Crippen LogP contribution in [0.1, 0.15) is 20.8 Å². The van der Waals surface area contributed by atoms with Crippen LogP contribution in [-0.2, 0) is 0 Å². The van der Waals surface area contributed by atoms with Crippen LogP contribution in [-0.4, -0.2) is 8.07 Å². The Morgan fingerprint density at radius 3 is 1.26 bits per heavy atom. The second-order valence-corrected chi connectivity index (χ2v) is 11.3. The molecule has 0 aliphatic heterocycles. The summed E-state index contributed by atoms with van der Waals surface area (Å²) < 4.78 is 0. The first-order valence-corrected chi connectivity index (χ1v) is 11.7. The molecule has 27 heavy (non-hydrogen) atoms. The lowest BCUT2D eigenvalue weighted by atomic mass is 10.2. The molecule has 0 saturated heterocycles. The van der Waals surface area contributed by atoms with Gasteiger partial charge in [0.2, 0.25) is 0 Å². The quantitative estimate of drug-likeness (QED) is 0.467. The van der Waals surface area contributed by atoms with Gasteiger partial charge in [0.1, 0.15) is 0 Å². The summed E-state index contributed by atoms with van der Waals surface area (Å²) in [6.45, 7) is 6.95. The lowest BCUT2D eigenvalue weighted by Crippen LogP contribution is -2.69. The number of hydrogen-bond acceptors (Lipinski definition) is 0. The van der Waals surface area contributed by atoms with Gasteiger partial charge in [0.25, 0.3) is 0 Å². The zero-order valence-electron chi connectivity index (χ0n) is 16.3. The van der Waals surface area contributed by atoms with Crippen LogP contribution in [0.15, 0.2) is 113 Å². The van der Waals surface area contributed by atoms with Gasteiger partial charge in [0.05, 0.1) is 0 Å². The first-order valence-electron chi connectivity index (χ1n) is 9.72. The van der Waals surface area contributed by atoms with Crippen LogP contribution in [0.5, 0.6) is 0 Å². The first-order chi connectivity index (χ1) is 13.2. The Hall–Kier alpha value is -2.64. The van der Waals surface area contributed by atoms with Crippen molar-refractivity contribution in [2.45, 2.75) is 20.8 Å². The van der Waals surface area contributed by atoms with Gasteiger partial charge in [-0.2, -0.15) is 0 Å². The molecule has 134 valence electrons. The third kappa shape index (κ3) is 2.83. The fraction of sp³-hybridized carbons (Fsp3) is 0.154. The summed E-state index contributed by atoms with van der Waals surface area (Å²) in [4.78, 5) is 0. The summed E-state index contributed by atoms with van der Waals surface area (Å²) >= 11 is 0. The zero-order chi connectivity index (χ0) is 18.9. The maximum atomic E-state index is 2.45. The molecule has 1 heteroatoms. The Labute approximate surface area is 163 Å². The lowest BCUT2D eigenvalue weighted by Gasteiger charge is -2.38. The number of allylic oxidation sites excluding steroid dienone is 4. The van der Waals surface area contributed by atoms with Crippen LogP contribution in [0.25, 0.3) is 0 Å². The highest BCUT2D eigenvalue weighted by Crippen LogP contribution is 2.36. The van der Waals surface area contributed by atoms with E-state index in [1.54, 1.807) is 5.20 Å². The van der Waals surface area contributed by atoms with Crippen molar-refractivity contribution in [1.29, 1.82) is 0 Å². The van der Waals surface area contributed by atoms with Crippen molar-refractivity contribution in [3.8, 4) is 0 Å². The third-order valence-electron chi connectivity index (χ3n) is 5.98. The molecule has 0 fully saturated rings. The van der Waals surface area contributed by atoms with Gasteiger partial charge in [-0.1, -0.05) is 120 Å². The Morgan fingerprint density at radius 1 is 0.593 bits per heavy atom. The van der Waals surface area contributed by atoms with Gasteiger partial charge in [-0.25, -0.2) is 0 Å². The summed E-state index contributed by atoms with van der Waals surface area (Å²) in [5.41, 5.74) is 2.91. The van der Waals surface area contributed by atoms with Crippen LogP contribution in [0.2, 0.25) is 0 Å². The van der Waals surface area contributed by atoms with Crippen LogP contribution < -0.4 is 15.6 Å². The highest BCUT2D eigenvalue weighted by atomic mass is 28.3. The Kier molecular flexibility index (Phi) is 4.71. The van der Waals surface area contributed by atoms with E-state index in [1.807, 2.05) is 0 Å². The summed E-state index contributed by atoms with van der Waals surface area (Å²) in [7, 11) is -2.33. The second kappa shape index (κ2) is 7.17. The molecule has 3 aromatic carbocycles. The molecule has 0 N–H and O–H groups in total. The minimum absolute atomic E-state index is 0.456. The van der Waals surface area contributed by atoms with Crippen molar-refractivity contribution in [3.63, 3.8) is 0 Å². The maximum Gasteiger partial charge on any atom is 0.176 e. The minimum atomic E-state index is -2.33. The topological polar surface area (TPSA) is 0 Å². The Morgan fingerprint density at radius 2 is 0.963 bits per heavy atom. The van der Waals surface area contributed by atoms with E-state index in [0.29, 0.717) is 5.92 Å². The average molecular weight is 367 g/mol. The molecule has 0 spiro atoms. The lowest BCUT2D eigenvalue weighted by molar-refractivity contribution is 0.922. The minimum Gasteiger partial charge on any atom is -0.0748 e. The van der Waals surface area contributed by atoms with E-state index in [-0.39, 0.29) is 0 Å². The van der Waals surface area contributed by atoms with Gasteiger partial charge in [-0.15, -0.1) is 0 Å². The fourth-order valence-corrected chi connectivity index (χ4v) is 10.3. The molecule has 0 nitrogen and oxygen atoms in total. The summed E-state index contributed by atoms with van der Waals surface area (Å²) in [5.74, 6) is 0.456. The van der Waals surface area contributed by atoms with Gasteiger partial charge in [-0.3, -0.25) is 0 Å². The highest BCUT2D eigenvalue weighted by molar-refractivity contribution is 7.16. The van der Waals surface area contributed by atoms with E-state index in [2.05, 4.69) is 118 Å². The zero-order valence-corrected chi connectivity index (χ0v) is 17.3. The average Bonchev–Trinajstić information content (AvgIpc) is 2.98. The van der Waals surface area contributed by atoms with Crippen LogP contribution in [0.4, 0.5) is 0 Å². The van der Waals surface area contributed by atoms with Crippen molar-refractivity contribution >= 4 is 23.6 Å². The van der Waals surface area contributed by atoms with Crippen molar-refractivity contribution in [3.05, 3.63) is 113 Å². The standard InChI is InChI=1S/C26H26Si/c1-20-19-21(2)26(22(20)3)27(23-13-7-4-8-14-23,24-15-9-5-10-16-24)25-17-11-6-12-18-25/h4-19,21H,1-3H3. The number of hydrogen-bond donors (Lipinski definition) is 0. The summed E-state index contributed by atoms with van der Waals surface area (Å²) in [5, 5.41) is 6.02. The van der Waals surface area contributed by atoms with Crippen molar-refractivity contribution in [2.24, 2.45) is 5.92 Å². The largest absolute Gasteiger partial charge is 0.176 e. The van der Waals surface area contributed by atoms with E-state index in [1.165, 1.54) is 26.7 Å². The monoisotopic (exact) mass is 366 g/mol. The molecule has 0 heterocycles. The predicted molar refractivity (Wildman–Crippen MR) is 120 cm³/mol. The normalized spacial score (nSPS) is 17.1. The smallest absolute Gasteiger partial charge is 0.0748 e. The van der Waals surface area contributed by atoms with Crippen molar-refractivity contribution in [1.82, 2.24) is 0 Å². The summed E-state index contributed by atoms with van der Waals surface area (Å²) in [6, 6.07) is 33.6. The van der Waals surface area contributed by atoms with E-state index >= 15 is 0 Å². The van der Waals surface area contributed by atoms with Crippen LogP contribution in [0.3, 0.4) is 0 Å². The first kappa shape index (κ1) is 17.8. The van der Waals surface area contributed by atoms with Gasteiger partial charge in [0.15, 0.2) is 8.07 Å². The number of benzene rings is 3. The number of rotatable bonds is 4. The van der Waals surface area contributed by atoms with E-state index < -0.39 is 8.07 Å². The fourth-order valence-electron chi connectivity index (χ4n) is 4.79. The van der Waals surface area contributed by atoms with E-state index in [4.69, 9.17) is 0 Å². The molecule has 1 unspecified atom stereocenters. The molecule has 1 atom stereocenters. The molecule has 0 saturated carbocycles. The SMILES string of the molecule is CC1=CC(C)C([Si](c2ccccc2)(c2ccccc2)c2ccccc2)=C1C. The molecule has 0 amide bonds. The highest BCUT2D eigenvalue weighted by Gasteiger charge is 2.46. The molecular weight excluding hydrogens is 340 g/mol. The Bertz CT molecular complexity index is 885. The van der Waals surface area contributed by atoms with Gasteiger partial charge in [-0.05, 0) is 35.3 Å². The van der Waals surface area contributed by atoms with Crippen molar-refractivity contribution in [2.75, 3.05) is 0 Å². The van der Waals surface area contributed by atoms with Crippen molar-refractivity contribution < 1.29 is 0 Å².